The lowest BCUT2D eigenvalue weighted by molar-refractivity contribution is 0.0949. The first-order valence-electron chi connectivity index (χ1n) is 5.35. The molecule has 17 heavy (non-hydrogen) atoms. The Morgan fingerprint density at radius 3 is 2.71 bits per heavy atom. The highest BCUT2D eigenvalue weighted by Gasteiger charge is 2.13. The zero-order valence-corrected chi connectivity index (χ0v) is 10.0. The second-order valence-electron chi connectivity index (χ2n) is 3.51. The molecule has 2 N–H and O–H groups in total. The largest absolute Gasteiger partial charge is 0.395 e. The Balaban J connectivity index is 2.26. The van der Waals surface area contributed by atoms with Gasteiger partial charge in [-0.3, -0.25) is 4.79 Å². The number of hydrogen-bond donors (Lipinski definition) is 2. The number of benzene rings is 1. The van der Waals surface area contributed by atoms with Crippen molar-refractivity contribution < 1.29 is 9.90 Å². The fourth-order valence-corrected chi connectivity index (χ4v) is 2.41. The third-order valence-corrected chi connectivity index (χ3v) is 3.27. The van der Waals surface area contributed by atoms with Crippen LogP contribution in [0.25, 0.3) is 11.1 Å². The molecule has 0 atom stereocenters. The molecule has 0 fully saturated rings. The number of amides is 1. The fraction of sp³-hybridized carbons (Fsp3) is 0.154. The summed E-state index contributed by atoms with van der Waals surface area (Å²) in [6.07, 6.45) is 0. The molecule has 1 amide bonds. The van der Waals surface area contributed by atoms with Crippen molar-refractivity contribution in [2.45, 2.75) is 0 Å². The van der Waals surface area contributed by atoms with Crippen LogP contribution in [-0.4, -0.2) is 24.2 Å². The second kappa shape index (κ2) is 5.61. The lowest BCUT2D eigenvalue weighted by Crippen LogP contribution is -2.25. The highest BCUT2D eigenvalue weighted by Crippen LogP contribution is 2.27. The SMILES string of the molecule is O=C(NCCO)c1sccc1-c1ccccc1. The van der Waals surface area contributed by atoms with Crippen LogP contribution in [0.3, 0.4) is 0 Å². The van der Waals surface area contributed by atoms with Gasteiger partial charge in [0.2, 0.25) is 0 Å². The molecule has 1 heterocycles. The molecule has 0 aliphatic rings. The summed E-state index contributed by atoms with van der Waals surface area (Å²) in [7, 11) is 0. The summed E-state index contributed by atoms with van der Waals surface area (Å²) in [5, 5.41) is 13.3. The van der Waals surface area contributed by atoms with Crippen molar-refractivity contribution in [2.24, 2.45) is 0 Å². The normalized spacial score (nSPS) is 10.2. The summed E-state index contributed by atoms with van der Waals surface area (Å²) in [5.74, 6) is -0.132. The van der Waals surface area contributed by atoms with E-state index >= 15 is 0 Å². The van der Waals surface area contributed by atoms with Crippen LogP contribution in [-0.2, 0) is 0 Å². The molecule has 0 radical (unpaired) electrons. The summed E-state index contributed by atoms with van der Waals surface area (Å²) >= 11 is 1.41. The Hall–Kier alpha value is -1.65. The third kappa shape index (κ3) is 2.72. The number of carbonyl (C=O) groups is 1. The minimum atomic E-state index is -0.132. The predicted molar refractivity (Wildman–Crippen MR) is 69.2 cm³/mol. The number of hydrogen-bond acceptors (Lipinski definition) is 3. The van der Waals surface area contributed by atoms with Gasteiger partial charge in [0.15, 0.2) is 0 Å². The van der Waals surface area contributed by atoms with Gasteiger partial charge in [-0.1, -0.05) is 30.3 Å². The molecule has 0 unspecified atom stereocenters. The van der Waals surface area contributed by atoms with E-state index in [0.717, 1.165) is 11.1 Å². The number of nitrogens with one attached hydrogen (secondary N) is 1. The molecule has 0 aliphatic heterocycles. The molecule has 2 rings (SSSR count). The molecule has 0 aliphatic carbocycles. The van der Waals surface area contributed by atoms with Crippen LogP contribution >= 0.6 is 11.3 Å². The van der Waals surface area contributed by atoms with Gasteiger partial charge in [0.05, 0.1) is 11.5 Å². The van der Waals surface area contributed by atoms with E-state index in [2.05, 4.69) is 5.32 Å². The van der Waals surface area contributed by atoms with Gasteiger partial charge < -0.3 is 10.4 Å². The minimum absolute atomic E-state index is 0.0439. The van der Waals surface area contributed by atoms with Gasteiger partial charge in [-0.05, 0) is 17.0 Å². The Bertz CT molecular complexity index is 493. The van der Waals surface area contributed by atoms with Gasteiger partial charge in [0.1, 0.15) is 0 Å². The molecule has 0 spiro atoms. The van der Waals surface area contributed by atoms with Crippen LogP contribution in [0.15, 0.2) is 41.8 Å². The van der Waals surface area contributed by atoms with Gasteiger partial charge in [-0.15, -0.1) is 11.3 Å². The molecular formula is C13H13NO2S. The van der Waals surface area contributed by atoms with Crippen LogP contribution in [0.4, 0.5) is 0 Å². The average Bonchev–Trinajstić information content (AvgIpc) is 2.86. The molecule has 1 aromatic heterocycles. The fourth-order valence-electron chi connectivity index (χ4n) is 1.58. The van der Waals surface area contributed by atoms with E-state index in [1.807, 2.05) is 41.8 Å². The maximum Gasteiger partial charge on any atom is 0.262 e. The number of thiophene rings is 1. The van der Waals surface area contributed by atoms with E-state index in [1.165, 1.54) is 11.3 Å². The van der Waals surface area contributed by atoms with Crippen molar-refractivity contribution in [2.75, 3.05) is 13.2 Å². The van der Waals surface area contributed by atoms with Crippen molar-refractivity contribution in [3.63, 3.8) is 0 Å². The minimum Gasteiger partial charge on any atom is -0.395 e. The average molecular weight is 247 g/mol. The van der Waals surface area contributed by atoms with Crippen molar-refractivity contribution >= 4 is 17.2 Å². The van der Waals surface area contributed by atoms with Crippen molar-refractivity contribution in [3.05, 3.63) is 46.7 Å². The van der Waals surface area contributed by atoms with E-state index in [-0.39, 0.29) is 19.1 Å². The molecule has 4 heteroatoms. The Morgan fingerprint density at radius 1 is 1.24 bits per heavy atom. The first-order chi connectivity index (χ1) is 8.33. The molecule has 88 valence electrons. The molecule has 0 saturated carbocycles. The lowest BCUT2D eigenvalue weighted by Gasteiger charge is -2.04. The van der Waals surface area contributed by atoms with E-state index in [1.54, 1.807) is 0 Å². The number of aliphatic hydroxyl groups is 1. The molecule has 0 saturated heterocycles. The van der Waals surface area contributed by atoms with Crippen LogP contribution in [0.1, 0.15) is 9.67 Å². The first-order valence-corrected chi connectivity index (χ1v) is 6.23. The predicted octanol–water partition coefficient (Wildman–Crippen LogP) is 2.14. The first kappa shape index (κ1) is 11.8. The number of carbonyl (C=O) groups excluding carboxylic acids is 1. The third-order valence-electron chi connectivity index (χ3n) is 2.35. The van der Waals surface area contributed by atoms with Gasteiger partial charge >= 0.3 is 0 Å². The Labute approximate surface area is 104 Å². The molecule has 2 aromatic rings. The van der Waals surface area contributed by atoms with E-state index in [4.69, 9.17) is 5.11 Å². The quantitative estimate of drug-likeness (QED) is 0.869. The maximum absolute atomic E-state index is 11.8. The summed E-state index contributed by atoms with van der Waals surface area (Å²) in [5.41, 5.74) is 1.97. The Kier molecular flexibility index (Phi) is 3.90. The van der Waals surface area contributed by atoms with Crippen molar-refractivity contribution in [3.8, 4) is 11.1 Å². The van der Waals surface area contributed by atoms with E-state index in [0.29, 0.717) is 4.88 Å². The topological polar surface area (TPSA) is 49.3 Å². The number of aliphatic hydroxyl groups excluding tert-OH is 1. The summed E-state index contributed by atoms with van der Waals surface area (Å²) in [4.78, 5) is 12.5. The highest BCUT2D eigenvalue weighted by atomic mass is 32.1. The van der Waals surface area contributed by atoms with Gasteiger partial charge in [-0.2, -0.15) is 0 Å². The molecule has 3 nitrogen and oxygen atoms in total. The molecular weight excluding hydrogens is 234 g/mol. The summed E-state index contributed by atoms with van der Waals surface area (Å²) in [6, 6.07) is 11.7. The van der Waals surface area contributed by atoms with Crippen LogP contribution in [0.2, 0.25) is 0 Å². The monoisotopic (exact) mass is 247 g/mol. The van der Waals surface area contributed by atoms with Crippen LogP contribution in [0, 0.1) is 0 Å². The lowest BCUT2D eigenvalue weighted by atomic mass is 10.1. The summed E-state index contributed by atoms with van der Waals surface area (Å²) in [6.45, 7) is 0.239. The Morgan fingerprint density at radius 2 is 2.00 bits per heavy atom. The van der Waals surface area contributed by atoms with Gasteiger partial charge in [0.25, 0.3) is 5.91 Å². The molecule has 1 aromatic carbocycles. The number of rotatable bonds is 4. The summed E-state index contributed by atoms with van der Waals surface area (Å²) < 4.78 is 0. The maximum atomic E-state index is 11.8. The standard InChI is InChI=1S/C13H13NO2S/c15-8-7-14-13(16)12-11(6-9-17-12)10-4-2-1-3-5-10/h1-6,9,15H,7-8H2,(H,14,16). The zero-order chi connectivity index (χ0) is 12.1. The van der Waals surface area contributed by atoms with Gasteiger partial charge in [0, 0.05) is 12.1 Å². The smallest absolute Gasteiger partial charge is 0.262 e. The van der Waals surface area contributed by atoms with E-state index in [9.17, 15) is 4.79 Å². The zero-order valence-electron chi connectivity index (χ0n) is 9.22. The van der Waals surface area contributed by atoms with Crippen molar-refractivity contribution in [1.82, 2.24) is 5.32 Å². The highest BCUT2D eigenvalue weighted by molar-refractivity contribution is 7.12. The molecule has 0 bridgehead atoms. The second-order valence-corrected chi connectivity index (χ2v) is 4.43. The van der Waals surface area contributed by atoms with Crippen LogP contribution in [0.5, 0.6) is 0 Å². The van der Waals surface area contributed by atoms with Gasteiger partial charge in [-0.25, -0.2) is 0 Å². The van der Waals surface area contributed by atoms with E-state index < -0.39 is 0 Å². The van der Waals surface area contributed by atoms with Crippen LogP contribution < -0.4 is 5.32 Å². The van der Waals surface area contributed by atoms with Crippen molar-refractivity contribution in [1.29, 1.82) is 0 Å².